The molecule has 3 aromatic rings. The zero-order valence-corrected chi connectivity index (χ0v) is 25.0. The standard InChI is InChI=1S/C28H35BrClN5O3/c1-16-10-20-19(13-31-35(20)21-8-6-7-9-37-21)23(24(16)30)22-17(2)34(32-25(22)29)18-11-28(12-18)14-33(15-28)26(36)38-27(3,4)5/h10,13,18,21H,6-9,11-12,14-15H2,1-5H3. The molecule has 10 heteroatoms. The van der Waals surface area contributed by atoms with Gasteiger partial charge in [-0.2, -0.15) is 10.2 Å². The molecule has 1 aromatic carbocycles. The number of ether oxygens (including phenoxy) is 2. The van der Waals surface area contributed by atoms with E-state index in [9.17, 15) is 4.79 Å². The van der Waals surface area contributed by atoms with Crippen LogP contribution >= 0.6 is 27.5 Å². The quantitative estimate of drug-likeness (QED) is 0.316. The Labute approximate surface area is 236 Å². The van der Waals surface area contributed by atoms with Gasteiger partial charge in [-0.25, -0.2) is 9.48 Å². The Hall–Kier alpha value is -2.10. The highest BCUT2D eigenvalue weighted by Gasteiger charge is 2.55. The highest BCUT2D eigenvalue weighted by molar-refractivity contribution is 9.10. The van der Waals surface area contributed by atoms with Gasteiger partial charge in [0.15, 0.2) is 6.23 Å². The van der Waals surface area contributed by atoms with Crippen molar-refractivity contribution < 1.29 is 14.3 Å². The largest absolute Gasteiger partial charge is 0.444 e. The second-order valence-electron chi connectivity index (χ2n) is 12.3. The van der Waals surface area contributed by atoms with E-state index in [0.717, 1.165) is 94.7 Å². The average molecular weight is 605 g/mol. The topological polar surface area (TPSA) is 74.4 Å². The summed E-state index contributed by atoms with van der Waals surface area (Å²) in [6, 6.07) is 2.40. The van der Waals surface area contributed by atoms with Crippen LogP contribution < -0.4 is 0 Å². The van der Waals surface area contributed by atoms with Crippen LogP contribution in [0.15, 0.2) is 16.9 Å². The fourth-order valence-corrected chi connectivity index (χ4v) is 7.30. The van der Waals surface area contributed by atoms with Gasteiger partial charge in [-0.1, -0.05) is 11.6 Å². The normalized spacial score (nSPS) is 21.6. The van der Waals surface area contributed by atoms with Crippen LogP contribution in [-0.2, 0) is 9.47 Å². The van der Waals surface area contributed by atoms with Crippen molar-refractivity contribution in [1.82, 2.24) is 24.5 Å². The minimum Gasteiger partial charge on any atom is -0.444 e. The summed E-state index contributed by atoms with van der Waals surface area (Å²) < 4.78 is 16.5. The van der Waals surface area contributed by atoms with Gasteiger partial charge < -0.3 is 14.4 Å². The number of amides is 1. The third-order valence-corrected chi connectivity index (χ3v) is 9.24. The Bertz CT molecular complexity index is 1400. The lowest BCUT2D eigenvalue weighted by atomic mass is 9.61. The lowest BCUT2D eigenvalue weighted by Gasteiger charge is -2.58. The SMILES string of the molecule is Cc1cc2c(cnn2C2CCCCO2)c(-c2c(Br)nn(C3CC4(C3)CN(C(=O)OC(C)(C)C)C4)c2C)c1Cl. The number of hydrogen-bond donors (Lipinski definition) is 0. The first-order valence-electron chi connectivity index (χ1n) is 13.5. The van der Waals surface area contributed by atoms with E-state index in [1.165, 1.54) is 0 Å². The molecule has 1 spiro atoms. The maximum atomic E-state index is 12.4. The molecule has 0 radical (unpaired) electrons. The maximum Gasteiger partial charge on any atom is 0.410 e. The predicted molar refractivity (Wildman–Crippen MR) is 150 cm³/mol. The maximum absolute atomic E-state index is 12.4. The summed E-state index contributed by atoms with van der Waals surface area (Å²) in [5.41, 5.74) is 4.79. The third kappa shape index (κ3) is 4.34. The van der Waals surface area contributed by atoms with Crippen LogP contribution in [0.4, 0.5) is 4.79 Å². The van der Waals surface area contributed by atoms with Crippen molar-refractivity contribution in [2.24, 2.45) is 5.41 Å². The van der Waals surface area contributed by atoms with Gasteiger partial charge in [0.2, 0.25) is 0 Å². The minimum atomic E-state index is -0.473. The van der Waals surface area contributed by atoms with Crippen LogP contribution in [0.1, 0.15) is 76.4 Å². The Morgan fingerprint density at radius 1 is 1.18 bits per heavy atom. The molecule has 3 fully saturated rings. The summed E-state index contributed by atoms with van der Waals surface area (Å²) in [5, 5.41) is 11.4. The van der Waals surface area contributed by atoms with Gasteiger partial charge in [0.05, 0.1) is 22.8 Å². The van der Waals surface area contributed by atoms with E-state index < -0.39 is 5.60 Å². The summed E-state index contributed by atoms with van der Waals surface area (Å²) in [6.07, 6.45) is 6.83. The van der Waals surface area contributed by atoms with Gasteiger partial charge in [0.1, 0.15) is 10.2 Å². The van der Waals surface area contributed by atoms with Crippen molar-refractivity contribution in [2.45, 2.75) is 84.6 Å². The molecular formula is C28H35BrClN5O3. The molecule has 1 amide bonds. The van der Waals surface area contributed by atoms with Gasteiger partial charge in [0.25, 0.3) is 0 Å². The van der Waals surface area contributed by atoms with Crippen molar-refractivity contribution in [3.8, 4) is 11.1 Å². The number of aryl methyl sites for hydroxylation is 1. The van der Waals surface area contributed by atoms with Crippen LogP contribution in [0.25, 0.3) is 22.0 Å². The summed E-state index contributed by atoms with van der Waals surface area (Å²) in [5.74, 6) is 0. The monoisotopic (exact) mass is 603 g/mol. The fourth-order valence-electron chi connectivity index (χ4n) is 6.40. The second kappa shape index (κ2) is 9.24. The van der Waals surface area contributed by atoms with E-state index in [2.05, 4.69) is 33.6 Å². The Morgan fingerprint density at radius 2 is 1.92 bits per heavy atom. The summed E-state index contributed by atoms with van der Waals surface area (Å²) in [6.45, 7) is 12.1. The molecule has 1 atom stereocenters. The molecule has 4 heterocycles. The smallest absolute Gasteiger partial charge is 0.410 e. The molecule has 2 aliphatic heterocycles. The predicted octanol–water partition coefficient (Wildman–Crippen LogP) is 7.20. The van der Waals surface area contributed by atoms with Gasteiger partial charge in [-0.3, -0.25) is 4.68 Å². The summed E-state index contributed by atoms with van der Waals surface area (Å²) in [7, 11) is 0. The number of likely N-dealkylation sites (tertiary alicyclic amines) is 1. The third-order valence-electron chi connectivity index (χ3n) is 8.20. The first-order valence-corrected chi connectivity index (χ1v) is 14.6. The van der Waals surface area contributed by atoms with Crippen LogP contribution in [0.2, 0.25) is 5.02 Å². The number of rotatable bonds is 3. The van der Waals surface area contributed by atoms with Gasteiger partial charge in [-0.15, -0.1) is 0 Å². The summed E-state index contributed by atoms with van der Waals surface area (Å²) in [4.78, 5) is 14.2. The summed E-state index contributed by atoms with van der Waals surface area (Å²) >= 11 is 10.7. The second-order valence-corrected chi connectivity index (χ2v) is 13.4. The zero-order valence-electron chi connectivity index (χ0n) is 22.7. The molecule has 38 heavy (non-hydrogen) atoms. The first-order chi connectivity index (χ1) is 18.0. The van der Waals surface area contributed by atoms with Crippen molar-refractivity contribution >= 4 is 44.5 Å². The number of hydrogen-bond acceptors (Lipinski definition) is 5. The minimum absolute atomic E-state index is 0.0455. The molecule has 2 aromatic heterocycles. The molecule has 2 saturated heterocycles. The van der Waals surface area contributed by atoms with Crippen LogP contribution in [0.3, 0.4) is 0 Å². The first kappa shape index (κ1) is 26.1. The highest BCUT2D eigenvalue weighted by Crippen LogP contribution is 2.55. The van der Waals surface area contributed by atoms with Crippen LogP contribution in [-0.4, -0.2) is 55.9 Å². The molecule has 3 aliphatic rings. The van der Waals surface area contributed by atoms with Crippen molar-refractivity contribution in [3.63, 3.8) is 0 Å². The molecule has 0 N–H and O–H groups in total. The zero-order chi connectivity index (χ0) is 27.0. The van der Waals surface area contributed by atoms with Gasteiger partial charge in [0, 0.05) is 47.3 Å². The number of carbonyl (C=O) groups excluding carboxylic acids is 1. The van der Waals surface area contributed by atoms with E-state index >= 15 is 0 Å². The average Bonchev–Trinajstić information content (AvgIpc) is 3.33. The number of nitrogens with zero attached hydrogens (tertiary/aromatic N) is 5. The molecule has 8 nitrogen and oxygen atoms in total. The lowest BCUT2D eigenvalue weighted by Crippen LogP contribution is -2.64. The van der Waals surface area contributed by atoms with Crippen molar-refractivity contribution in [2.75, 3.05) is 19.7 Å². The van der Waals surface area contributed by atoms with E-state index in [4.69, 9.17) is 31.3 Å². The van der Waals surface area contributed by atoms with Crippen molar-refractivity contribution in [3.05, 3.63) is 33.1 Å². The molecule has 1 aliphatic carbocycles. The highest BCUT2D eigenvalue weighted by atomic mass is 79.9. The lowest BCUT2D eigenvalue weighted by molar-refractivity contribution is -0.0931. The molecule has 1 saturated carbocycles. The number of benzene rings is 1. The number of halogens is 2. The number of carbonyl (C=O) groups is 1. The van der Waals surface area contributed by atoms with E-state index in [1.807, 2.05) is 43.5 Å². The molecule has 0 bridgehead atoms. The molecule has 6 rings (SSSR count). The molecule has 1 unspecified atom stereocenters. The van der Waals surface area contributed by atoms with E-state index in [1.54, 1.807) is 0 Å². The van der Waals surface area contributed by atoms with E-state index in [-0.39, 0.29) is 17.7 Å². The van der Waals surface area contributed by atoms with Crippen molar-refractivity contribution in [1.29, 1.82) is 0 Å². The van der Waals surface area contributed by atoms with E-state index in [0.29, 0.717) is 6.04 Å². The van der Waals surface area contributed by atoms with Gasteiger partial charge >= 0.3 is 6.09 Å². The van der Waals surface area contributed by atoms with Crippen LogP contribution in [0.5, 0.6) is 0 Å². The number of fused-ring (bicyclic) bond motifs is 1. The Morgan fingerprint density at radius 3 is 2.58 bits per heavy atom. The Kier molecular flexibility index (Phi) is 6.35. The fraction of sp³-hybridized carbons (Fsp3) is 0.607. The van der Waals surface area contributed by atoms with Crippen LogP contribution in [0, 0.1) is 19.3 Å². The molecular weight excluding hydrogens is 570 g/mol. The van der Waals surface area contributed by atoms with Gasteiger partial charge in [-0.05, 0) is 94.3 Å². The Balaban J connectivity index is 1.26. The molecule has 204 valence electrons. The number of aromatic nitrogens is 4.